The van der Waals surface area contributed by atoms with Crippen LogP contribution in [0.4, 0.5) is 0 Å². The van der Waals surface area contributed by atoms with Gasteiger partial charge in [-0.3, -0.25) is 0 Å². The molecule has 0 aliphatic carbocycles. The number of hydrogen-bond donors (Lipinski definition) is 0. The molecule has 17 heavy (non-hydrogen) atoms. The number of alkyl halides is 1. The number of hydrogen-bond acceptors (Lipinski definition) is 2. The van der Waals surface area contributed by atoms with E-state index in [4.69, 9.17) is 27.9 Å². The van der Waals surface area contributed by atoms with Crippen LogP contribution in [0, 0.1) is 0 Å². The van der Waals surface area contributed by atoms with Crippen LogP contribution >= 0.6 is 34.5 Å². The van der Waals surface area contributed by atoms with Crippen molar-refractivity contribution in [2.24, 2.45) is 0 Å². The van der Waals surface area contributed by atoms with Gasteiger partial charge in [-0.05, 0) is 23.6 Å². The van der Waals surface area contributed by atoms with Crippen LogP contribution in [0.3, 0.4) is 0 Å². The lowest BCUT2D eigenvalue weighted by Crippen LogP contribution is -1.98. The summed E-state index contributed by atoms with van der Waals surface area (Å²) in [4.78, 5) is 1.27. The van der Waals surface area contributed by atoms with Crippen molar-refractivity contribution in [3.8, 4) is 5.75 Å². The minimum Gasteiger partial charge on any atom is -0.496 e. The average molecular weight is 287 g/mol. The summed E-state index contributed by atoms with van der Waals surface area (Å²) in [6.45, 7) is 0. The maximum atomic E-state index is 6.42. The van der Waals surface area contributed by atoms with Crippen LogP contribution in [0.5, 0.6) is 5.75 Å². The highest BCUT2D eigenvalue weighted by atomic mass is 35.5. The monoisotopic (exact) mass is 286 g/mol. The number of thiophene rings is 1. The van der Waals surface area contributed by atoms with E-state index in [-0.39, 0.29) is 5.38 Å². The molecule has 90 valence electrons. The highest BCUT2D eigenvalue weighted by Crippen LogP contribution is 2.34. The summed E-state index contributed by atoms with van der Waals surface area (Å²) in [6, 6.07) is 9.67. The molecule has 2 aromatic rings. The molecule has 1 aromatic heterocycles. The van der Waals surface area contributed by atoms with Gasteiger partial charge < -0.3 is 4.74 Å². The number of halogens is 2. The standard InChI is InChI=1S/C13H12Cl2OS/c1-16-13-7-9(14)4-5-11(13)12(15)8-10-3-2-6-17-10/h2-7,12H,8H2,1H3. The summed E-state index contributed by atoms with van der Waals surface area (Å²) in [7, 11) is 1.63. The maximum Gasteiger partial charge on any atom is 0.125 e. The molecule has 0 amide bonds. The van der Waals surface area contributed by atoms with Crippen LogP contribution in [0.15, 0.2) is 35.7 Å². The molecule has 0 radical (unpaired) electrons. The molecule has 0 spiro atoms. The van der Waals surface area contributed by atoms with Crippen molar-refractivity contribution in [1.82, 2.24) is 0 Å². The molecule has 0 saturated carbocycles. The number of benzene rings is 1. The van der Waals surface area contributed by atoms with Crippen LogP contribution in [0.2, 0.25) is 5.02 Å². The lowest BCUT2D eigenvalue weighted by Gasteiger charge is -2.13. The molecule has 1 nitrogen and oxygen atoms in total. The lowest BCUT2D eigenvalue weighted by molar-refractivity contribution is 0.409. The molecule has 0 aliphatic heterocycles. The summed E-state index contributed by atoms with van der Waals surface area (Å²) in [5.41, 5.74) is 0.979. The third-order valence-electron chi connectivity index (χ3n) is 2.49. The number of methoxy groups -OCH3 is 1. The fourth-order valence-corrected chi connectivity index (χ4v) is 3.01. The molecule has 0 fully saturated rings. The minimum atomic E-state index is -0.0964. The molecular formula is C13H12Cl2OS. The SMILES string of the molecule is COc1cc(Cl)ccc1C(Cl)Cc1cccs1. The van der Waals surface area contributed by atoms with Crippen LogP contribution in [-0.4, -0.2) is 7.11 Å². The van der Waals surface area contributed by atoms with E-state index < -0.39 is 0 Å². The van der Waals surface area contributed by atoms with Gasteiger partial charge in [0.05, 0.1) is 12.5 Å². The van der Waals surface area contributed by atoms with Crippen molar-refractivity contribution in [2.75, 3.05) is 7.11 Å². The molecule has 1 aromatic carbocycles. The highest BCUT2D eigenvalue weighted by Gasteiger charge is 2.14. The first kappa shape index (κ1) is 12.7. The fourth-order valence-electron chi connectivity index (χ4n) is 1.66. The van der Waals surface area contributed by atoms with E-state index in [2.05, 4.69) is 11.4 Å². The topological polar surface area (TPSA) is 9.23 Å². The van der Waals surface area contributed by atoms with Crippen LogP contribution in [0.25, 0.3) is 0 Å². The van der Waals surface area contributed by atoms with Crippen molar-refractivity contribution in [3.05, 3.63) is 51.2 Å². The van der Waals surface area contributed by atoms with Gasteiger partial charge in [0.15, 0.2) is 0 Å². The first-order valence-corrected chi connectivity index (χ1v) is 6.90. The Morgan fingerprint density at radius 2 is 2.18 bits per heavy atom. The predicted octanol–water partition coefficient (Wildman–Crippen LogP) is 4.93. The zero-order valence-electron chi connectivity index (χ0n) is 9.32. The maximum absolute atomic E-state index is 6.42. The van der Waals surface area contributed by atoms with E-state index in [9.17, 15) is 0 Å². The Morgan fingerprint density at radius 3 is 2.82 bits per heavy atom. The molecule has 1 atom stereocenters. The van der Waals surface area contributed by atoms with Gasteiger partial charge >= 0.3 is 0 Å². The third kappa shape index (κ3) is 3.15. The number of ether oxygens (including phenoxy) is 1. The normalized spacial score (nSPS) is 12.4. The Balaban J connectivity index is 2.21. The molecule has 4 heteroatoms. The molecular weight excluding hydrogens is 275 g/mol. The molecule has 0 N–H and O–H groups in total. The van der Waals surface area contributed by atoms with Gasteiger partial charge in [-0.15, -0.1) is 22.9 Å². The van der Waals surface area contributed by atoms with Crippen LogP contribution < -0.4 is 4.74 Å². The van der Waals surface area contributed by atoms with Gasteiger partial charge in [0, 0.05) is 21.9 Å². The minimum absolute atomic E-state index is 0.0964. The van der Waals surface area contributed by atoms with E-state index in [0.29, 0.717) is 5.02 Å². The summed E-state index contributed by atoms with van der Waals surface area (Å²) in [6.07, 6.45) is 0.803. The largest absolute Gasteiger partial charge is 0.496 e. The van der Waals surface area contributed by atoms with Crippen LogP contribution in [-0.2, 0) is 6.42 Å². The highest BCUT2D eigenvalue weighted by molar-refractivity contribution is 7.09. The summed E-state index contributed by atoms with van der Waals surface area (Å²) in [5, 5.41) is 2.62. The number of rotatable bonds is 4. The average Bonchev–Trinajstić information content (AvgIpc) is 2.81. The smallest absolute Gasteiger partial charge is 0.125 e. The Hall–Kier alpha value is -0.700. The van der Waals surface area contributed by atoms with Gasteiger partial charge in [-0.25, -0.2) is 0 Å². The van der Waals surface area contributed by atoms with E-state index in [0.717, 1.165) is 17.7 Å². The Morgan fingerprint density at radius 1 is 1.35 bits per heavy atom. The zero-order chi connectivity index (χ0) is 12.3. The third-order valence-corrected chi connectivity index (χ3v) is 4.02. The molecule has 0 saturated heterocycles. The molecule has 1 heterocycles. The Bertz CT molecular complexity index is 482. The van der Waals surface area contributed by atoms with Gasteiger partial charge in [0.1, 0.15) is 5.75 Å². The second-order valence-corrected chi connectivity index (χ2v) is 5.63. The van der Waals surface area contributed by atoms with Crippen molar-refractivity contribution < 1.29 is 4.74 Å². The zero-order valence-corrected chi connectivity index (χ0v) is 11.6. The summed E-state index contributed by atoms with van der Waals surface area (Å²) in [5.74, 6) is 0.744. The van der Waals surface area contributed by atoms with E-state index in [1.54, 1.807) is 24.5 Å². The fraction of sp³-hybridized carbons (Fsp3) is 0.231. The first-order valence-electron chi connectivity index (χ1n) is 5.20. The first-order chi connectivity index (χ1) is 8.20. The van der Waals surface area contributed by atoms with Crippen molar-refractivity contribution in [3.63, 3.8) is 0 Å². The molecule has 2 rings (SSSR count). The second-order valence-electron chi connectivity index (χ2n) is 3.64. The Labute approximate surface area is 115 Å². The lowest BCUT2D eigenvalue weighted by atomic mass is 10.1. The van der Waals surface area contributed by atoms with Crippen molar-refractivity contribution >= 4 is 34.5 Å². The molecule has 0 bridgehead atoms. The van der Waals surface area contributed by atoms with Crippen molar-refractivity contribution in [1.29, 1.82) is 0 Å². The molecule has 1 unspecified atom stereocenters. The Kier molecular flexibility index (Phi) is 4.32. The second kappa shape index (κ2) is 5.76. The predicted molar refractivity (Wildman–Crippen MR) is 74.6 cm³/mol. The van der Waals surface area contributed by atoms with E-state index >= 15 is 0 Å². The van der Waals surface area contributed by atoms with Gasteiger partial charge in [0.2, 0.25) is 0 Å². The summed E-state index contributed by atoms with van der Waals surface area (Å²) >= 11 is 14.1. The van der Waals surface area contributed by atoms with Crippen LogP contribution in [0.1, 0.15) is 15.8 Å². The van der Waals surface area contributed by atoms with Gasteiger partial charge in [0.25, 0.3) is 0 Å². The molecule has 0 aliphatic rings. The van der Waals surface area contributed by atoms with Gasteiger partial charge in [-0.2, -0.15) is 0 Å². The summed E-state index contributed by atoms with van der Waals surface area (Å²) < 4.78 is 5.30. The van der Waals surface area contributed by atoms with Gasteiger partial charge in [-0.1, -0.05) is 23.7 Å². The van der Waals surface area contributed by atoms with Crippen molar-refractivity contribution in [2.45, 2.75) is 11.8 Å². The quantitative estimate of drug-likeness (QED) is 0.724. The van der Waals surface area contributed by atoms with E-state index in [1.165, 1.54) is 4.88 Å². The van der Waals surface area contributed by atoms with E-state index in [1.807, 2.05) is 18.2 Å².